The monoisotopic (exact) mass is 293 g/mol. The molecule has 0 spiro atoms. The van der Waals surface area contributed by atoms with Crippen LogP contribution in [-0.2, 0) is 4.74 Å². The van der Waals surface area contributed by atoms with Crippen LogP contribution in [0, 0.1) is 5.92 Å². The van der Waals surface area contributed by atoms with Crippen molar-refractivity contribution in [3.05, 3.63) is 0 Å². The minimum atomic E-state index is 0.419. The van der Waals surface area contributed by atoms with Gasteiger partial charge < -0.3 is 19.7 Å². The quantitative estimate of drug-likeness (QED) is 0.877. The van der Waals surface area contributed by atoms with E-state index in [2.05, 4.69) is 25.2 Å². The first-order valence-corrected chi connectivity index (χ1v) is 7.74. The maximum Gasteiger partial charge on any atom is 0.323 e. The van der Waals surface area contributed by atoms with Crippen molar-refractivity contribution in [2.75, 3.05) is 50.2 Å². The van der Waals surface area contributed by atoms with Gasteiger partial charge in [-0.05, 0) is 31.6 Å². The second-order valence-electron chi connectivity index (χ2n) is 5.55. The number of rotatable bonds is 5. The van der Waals surface area contributed by atoms with Crippen molar-refractivity contribution in [2.45, 2.75) is 25.7 Å². The molecular formula is C14H23N5O2. The zero-order chi connectivity index (χ0) is 14.5. The van der Waals surface area contributed by atoms with E-state index in [-0.39, 0.29) is 0 Å². The number of ether oxygens (including phenoxy) is 2. The van der Waals surface area contributed by atoms with Gasteiger partial charge in [0.15, 0.2) is 0 Å². The maximum absolute atomic E-state index is 5.80. The van der Waals surface area contributed by atoms with E-state index in [1.54, 1.807) is 0 Å². The molecule has 0 atom stereocenters. The van der Waals surface area contributed by atoms with E-state index in [4.69, 9.17) is 9.47 Å². The van der Waals surface area contributed by atoms with Gasteiger partial charge in [-0.3, -0.25) is 0 Å². The first-order valence-electron chi connectivity index (χ1n) is 7.74. The largest absolute Gasteiger partial charge is 0.463 e. The number of hydrogen-bond donors (Lipinski definition) is 1. The van der Waals surface area contributed by atoms with Crippen molar-refractivity contribution in [1.29, 1.82) is 0 Å². The minimum absolute atomic E-state index is 0.419. The van der Waals surface area contributed by atoms with Crippen molar-refractivity contribution in [3.8, 4) is 6.01 Å². The first-order chi connectivity index (χ1) is 10.3. The SMILES string of the molecule is CNc1nc(OCC2CCOCC2)nc(N2CCCC2)n1. The standard InChI is InChI=1S/C14H23N5O2/c1-15-12-16-13(19-6-2-3-7-19)18-14(17-12)21-10-11-4-8-20-9-5-11/h11H,2-10H2,1H3,(H,15,16,17,18). The lowest BCUT2D eigenvalue weighted by Crippen LogP contribution is -2.24. The van der Waals surface area contributed by atoms with Gasteiger partial charge in [0.1, 0.15) is 0 Å². The number of nitrogens with one attached hydrogen (secondary N) is 1. The Labute approximate surface area is 125 Å². The summed E-state index contributed by atoms with van der Waals surface area (Å²) in [5.41, 5.74) is 0. The number of hydrogen-bond acceptors (Lipinski definition) is 7. The molecule has 0 saturated carbocycles. The summed E-state index contributed by atoms with van der Waals surface area (Å²) in [6.07, 6.45) is 4.48. The summed E-state index contributed by atoms with van der Waals surface area (Å²) < 4.78 is 11.2. The first kappa shape index (κ1) is 14.3. The van der Waals surface area contributed by atoms with Gasteiger partial charge in [-0.1, -0.05) is 0 Å². The summed E-state index contributed by atoms with van der Waals surface area (Å²) in [5.74, 6) is 1.81. The summed E-state index contributed by atoms with van der Waals surface area (Å²) in [6, 6.07) is 0.419. The molecule has 2 aliphatic rings. The molecule has 3 heterocycles. The van der Waals surface area contributed by atoms with Crippen molar-refractivity contribution in [3.63, 3.8) is 0 Å². The van der Waals surface area contributed by atoms with Crippen LogP contribution in [0.15, 0.2) is 0 Å². The smallest absolute Gasteiger partial charge is 0.323 e. The van der Waals surface area contributed by atoms with Crippen LogP contribution in [0.3, 0.4) is 0 Å². The highest BCUT2D eigenvalue weighted by Crippen LogP contribution is 2.21. The normalized spacial score (nSPS) is 19.8. The molecule has 7 heteroatoms. The molecule has 0 bridgehead atoms. The second kappa shape index (κ2) is 6.89. The van der Waals surface area contributed by atoms with Gasteiger partial charge >= 0.3 is 6.01 Å². The molecule has 0 aromatic carbocycles. The lowest BCUT2D eigenvalue weighted by molar-refractivity contribution is 0.0482. The van der Waals surface area contributed by atoms with Crippen LogP contribution in [0.4, 0.5) is 11.9 Å². The van der Waals surface area contributed by atoms with Crippen LogP contribution in [0.2, 0.25) is 0 Å². The highest BCUT2D eigenvalue weighted by Gasteiger charge is 2.19. The highest BCUT2D eigenvalue weighted by molar-refractivity contribution is 5.38. The van der Waals surface area contributed by atoms with Gasteiger partial charge in [0.25, 0.3) is 0 Å². The Kier molecular flexibility index (Phi) is 4.69. The zero-order valence-corrected chi connectivity index (χ0v) is 12.5. The van der Waals surface area contributed by atoms with Crippen LogP contribution in [0.1, 0.15) is 25.7 Å². The fraction of sp³-hybridized carbons (Fsp3) is 0.786. The Balaban J connectivity index is 1.66. The third-order valence-electron chi connectivity index (χ3n) is 4.00. The molecule has 2 aliphatic heterocycles. The predicted octanol–water partition coefficient (Wildman–Crippen LogP) is 1.32. The maximum atomic E-state index is 5.80. The summed E-state index contributed by atoms with van der Waals surface area (Å²) in [6.45, 7) is 4.31. The van der Waals surface area contributed by atoms with E-state index in [1.807, 2.05) is 7.05 Å². The summed E-state index contributed by atoms with van der Waals surface area (Å²) in [4.78, 5) is 15.4. The molecule has 2 fully saturated rings. The lowest BCUT2D eigenvalue weighted by atomic mass is 10.0. The van der Waals surface area contributed by atoms with Crippen LogP contribution in [0.25, 0.3) is 0 Å². The summed E-state index contributed by atoms with van der Waals surface area (Å²) >= 11 is 0. The molecule has 0 radical (unpaired) electrons. The fourth-order valence-corrected chi connectivity index (χ4v) is 2.69. The topological polar surface area (TPSA) is 72.4 Å². The van der Waals surface area contributed by atoms with Crippen LogP contribution in [0.5, 0.6) is 6.01 Å². The molecule has 0 amide bonds. The van der Waals surface area contributed by atoms with Gasteiger partial charge in [-0.25, -0.2) is 0 Å². The molecular weight excluding hydrogens is 270 g/mol. The van der Waals surface area contributed by atoms with Crippen molar-refractivity contribution >= 4 is 11.9 Å². The molecule has 0 aliphatic carbocycles. The highest BCUT2D eigenvalue weighted by atomic mass is 16.5. The van der Waals surface area contributed by atoms with E-state index in [1.165, 1.54) is 12.8 Å². The minimum Gasteiger partial charge on any atom is -0.463 e. The average Bonchev–Trinajstić information content (AvgIpc) is 3.08. The Morgan fingerprint density at radius 1 is 1.19 bits per heavy atom. The molecule has 0 unspecified atom stereocenters. The van der Waals surface area contributed by atoms with Gasteiger partial charge in [0, 0.05) is 33.4 Å². The van der Waals surface area contributed by atoms with Gasteiger partial charge in [-0.2, -0.15) is 15.0 Å². The van der Waals surface area contributed by atoms with E-state index < -0.39 is 0 Å². The Morgan fingerprint density at radius 3 is 2.67 bits per heavy atom. The van der Waals surface area contributed by atoms with Crippen LogP contribution in [-0.4, -0.2) is 54.9 Å². The molecule has 3 rings (SSSR count). The fourth-order valence-electron chi connectivity index (χ4n) is 2.69. The molecule has 1 aromatic heterocycles. The lowest BCUT2D eigenvalue weighted by Gasteiger charge is -2.22. The Bertz CT molecular complexity index is 459. The number of anilines is 2. The molecule has 7 nitrogen and oxygen atoms in total. The average molecular weight is 293 g/mol. The molecule has 116 valence electrons. The molecule has 2 saturated heterocycles. The van der Waals surface area contributed by atoms with Gasteiger partial charge in [0.2, 0.25) is 11.9 Å². The van der Waals surface area contributed by atoms with Gasteiger partial charge in [-0.15, -0.1) is 0 Å². The van der Waals surface area contributed by atoms with Gasteiger partial charge in [0.05, 0.1) is 6.61 Å². The Hall–Kier alpha value is -1.63. The van der Waals surface area contributed by atoms with Crippen molar-refractivity contribution in [2.24, 2.45) is 5.92 Å². The van der Waals surface area contributed by atoms with E-state index in [0.717, 1.165) is 39.1 Å². The van der Waals surface area contributed by atoms with Crippen molar-refractivity contribution in [1.82, 2.24) is 15.0 Å². The number of aromatic nitrogens is 3. The number of nitrogens with zero attached hydrogens (tertiary/aromatic N) is 4. The van der Waals surface area contributed by atoms with Crippen LogP contribution < -0.4 is 15.0 Å². The zero-order valence-electron chi connectivity index (χ0n) is 12.5. The van der Waals surface area contributed by atoms with Crippen molar-refractivity contribution < 1.29 is 9.47 Å². The van der Waals surface area contributed by atoms with E-state index in [9.17, 15) is 0 Å². The predicted molar refractivity (Wildman–Crippen MR) is 79.9 cm³/mol. The molecule has 1 aromatic rings. The third-order valence-corrected chi connectivity index (χ3v) is 4.00. The summed E-state index contributed by atoms with van der Waals surface area (Å²) in [7, 11) is 1.81. The Morgan fingerprint density at radius 2 is 1.95 bits per heavy atom. The van der Waals surface area contributed by atoms with Crippen LogP contribution >= 0.6 is 0 Å². The molecule has 21 heavy (non-hydrogen) atoms. The molecule has 1 N–H and O–H groups in total. The summed E-state index contributed by atoms with van der Waals surface area (Å²) in [5, 5.41) is 2.98. The third kappa shape index (κ3) is 3.72. The second-order valence-corrected chi connectivity index (χ2v) is 5.55. The van der Waals surface area contributed by atoms with E-state index in [0.29, 0.717) is 30.4 Å². The van der Waals surface area contributed by atoms with E-state index >= 15 is 0 Å².